The Labute approximate surface area is 70.8 Å². The van der Waals surface area contributed by atoms with Crippen LogP contribution in [0.5, 0.6) is 0 Å². The molecule has 0 aromatic carbocycles. The highest BCUT2D eigenvalue weighted by atomic mass is 35.5. The molecule has 50 valence electrons. The minimum atomic E-state index is -0.0579. The van der Waals surface area contributed by atoms with E-state index in [0.717, 1.165) is 0 Å². The Kier molecular flexibility index (Phi) is 5.91. The van der Waals surface area contributed by atoms with Crippen molar-refractivity contribution in [3.63, 3.8) is 0 Å². The molecule has 0 aromatic heterocycles. The fourth-order valence-electron chi connectivity index (χ4n) is 0.229. The summed E-state index contributed by atoms with van der Waals surface area (Å²) in [5.41, 5.74) is 0. The second-order valence-electron chi connectivity index (χ2n) is 1.40. The zero-order valence-corrected chi connectivity index (χ0v) is 7.52. The minimum Gasteiger partial charge on any atom is -0.178 e. The number of thiol groups is 2. The summed E-state index contributed by atoms with van der Waals surface area (Å²) in [5.74, 6) is 1.21. The van der Waals surface area contributed by atoms with Crippen LogP contribution in [0, 0.1) is 0 Å². The molecule has 0 bridgehead atoms. The summed E-state index contributed by atoms with van der Waals surface area (Å²) in [5, 5.41) is -0.116. The lowest BCUT2D eigenvalue weighted by Crippen LogP contribution is -2.17. The maximum atomic E-state index is 5.66. The Morgan fingerprint density at radius 2 is 1.25 bits per heavy atom. The van der Waals surface area contributed by atoms with Crippen LogP contribution in [-0.2, 0) is 0 Å². The third-order valence-electron chi connectivity index (χ3n) is 0.741. The van der Waals surface area contributed by atoms with Gasteiger partial charge in [0.25, 0.3) is 0 Å². The predicted molar refractivity (Wildman–Crippen MR) is 47.0 cm³/mol. The van der Waals surface area contributed by atoms with Gasteiger partial charge in [0.2, 0.25) is 0 Å². The summed E-state index contributed by atoms with van der Waals surface area (Å²) >= 11 is 19.2. The molecular formula is C4H8Cl2S2. The van der Waals surface area contributed by atoms with Gasteiger partial charge in [-0.3, -0.25) is 0 Å². The second-order valence-corrected chi connectivity index (χ2v) is 3.25. The lowest BCUT2D eigenvalue weighted by molar-refractivity contribution is 0.931. The van der Waals surface area contributed by atoms with Gasteiger partial charge in [0.15, 0.2) is 0 Å². The molecule has 0 amide bonds. The predicted octanol–water partition coefficient (Wildman–Crippen LogP) is 2.06. The van der Waals surface area contributed by atoms with Crippen LogP contribution >= 0.6 is 48.5 Å². The maximum absolute atomic E-state index is 5.66. The van der Waals surface area contributed by atoms with E-state index in [1.807, 2.05) is 0 Å². The van der Waals surface area contributed by atoms with E-state index in [-0.39, 0.29) is 10.8 Å². The van der Waals surface area contributed by atoms with Gasteiger partial charge in [-0.2, -0.15) is 25.3 Å². The molecule has 2 unspecified atom stereocenters. The monoisotopic (exact) mass is 190 g/mol. The molecule has 0 fully saturated rings. The zero-order valence-electron chi connectivity index (χ0n) is 4.22. The van der Waals surface area contributed by atoms with E-state index in [1.54, 1.807) is 0 Å². The standard InChI is InChI=1S/C4H8Cl2S2/c5-3(1-7)4(6)2-8/h3-4,7-8H,1-2H2. The molecule has 0 nitrogen and oxygen atoms in total. The minimum absolute atomic E-state index is 0.0579. The van der Waals surface area contributed by atoms with Crippen LogP contribution in [0.15, 0.2) is 0 Å². The van der Waals surface area contributed by atoms with Crippen molar-refractivity contribution in [1.82, 2.24) is 0 Å². The van der Waals surface area contributed by atoms with Crippen molar-refractivity contribution in [2.24, 2.45) is 0 Å². The molecule has 0 aliphatic carbocycles. The SMILES string of the molecule is SCC(Cl)C(Cl)CS. The molecule has 0 spiro atoms. The number of hydrogen-bond donors (Lipinski definition) is 2. The molecule has 0 aliphatic rings. The van der Waals surface area contributed by atoms with Gasteiger partial charge in [0.1, 0.15) is 0 Å². The Balaban J connectivity index is 3.29. The van der Waals surface area contributed by atoms with Gasteiger partial charge in [0.05, 0.1) is 10.8 Å². The van der Waals surface area contributed by atoms with E-state index >= 15 is 0 Å². The first-order chi connectivity index (χ1) is 3.72. The fraction of sp³-hybridized carbons (Fsp3) is 1.00. The van der Waals surface area contributed by atoms with E-state index in [9.17, 15) is 0 Å². The van der Waals surface area contributed by atoms with Crippen LogP contribution in [-0.4, -0.2) is 22.3 Å². The second kappa shape index (κ2) is 5.10. The normalized spacial score (nSPS) is 18.0. The number of hydrogen-bond acceptors (Lipinski definition) is 2. The number of alkyl halides is 2. The highest BCUT2D eigenvalue weighted by Gasteiger charge is 2.11. The molecule has 0 heterocycles. The smallest absolute Gasteiger partial charge is 0.0595 e. The van der Waals surface area contributed by atoms with E-state index in [0.29, 0.717) is 11.5 Å². The first kappa shape index (κ1) is 9.28. The van der Waals surface area contributed by atoms with Gasteiger partial charge in [-0.1, -0.05) is 0 Å². The molecule has 4 heteroatoms. The van der Waals surface area contributed by atoms with Crippen molar-refractivity contribution in [3.05, 3.63) is 0 Å². The van der Waals surface area contributed by atoms with Crippen LogP contribution in [0.4, 0.5) is 0 Å². The summed E-state index contributed by atoms with van der Waals surface area (Å²) in [4.78, 5) is 0. The quantitative estimate of drug-likeness (QED) is 0.495. The van der Waals surface area contributed by atoms with Gasteiger partial charge in [-0.15, -0.1) is 23.2 Å². The van der Waals surface area contributed by atoms with Gasteiger partial charge in [0, 0.05) is 11.5 Å². The molecule has 8 heavy (non-hydrogen) atoms. The van der Waals surface area contributed by atoms with E-state index in [2.05, 4.69) is 25.3 Å². The molecule has 0 aromatic rings. The molecule has 0 N–H and O–H groups in total. The van der Waals surface area contributed by atoms with Crippen LogP contribution in [0.3, 0.4) is 0 Å². The van der Waals surface area contributed by atoms with Crippen LogP contribution in [0.1, 0.15) is 0 Å². The first-order valence-electron chi connectivity index (χ1n) is 2.22. The summed E-state index contributed by atoms with van der Waals surface area (Å²) in [6, 6.07) is 0. The average Bonchev–Trinajstić information content (AvgIpc) is 1.84. The van der Waals surface area contributed by atoms with Crippen LogP contribution in [0.25, 0.3) is 0 Å². The third kappa shape index (κ3) is 3.33. The first-order valence-corrected chi connectivity index (χ1v) is 4.36. The molecule has 0 saturated carbocycles. The Morgan fingerprint density at radius 3 is 1.38 bits per heavy atom. The molecular weight excluding hydrogens is 183 g/mol. The van der Waals surface area contributed by atoms with Gasteiger partial charge in [-0.25, -0.2) is 0 Å². The largest absolute Gasteiger partial charge is 0.178 e. The summed E-state index contributed by atoms with van der Waals surface area (Å²) in [7, 11) is 0. The molecule has 0 saturated heterocycles. The fourth-order valence-corrected chi connectivity index (χ4v) is 1.16. The summed E-state index contributed by atoms with van der Waals surface area (Å²) < 4.78 is 0. The van der Waals surface area contributed by atoms with Crippen molar-refractivity contribution < 1.29 is 0 Å². The van der Waals surface area contributed by atoms with Crippen molar-refractivity contribution in [1.29, 1.82) is 0 Å². The summed E-state index contributed by atoms with van der Waals surface area (Å²) in [6.45, 7) is 0. The van der Waals surface area contributed by atoms with Gasteiger partial charge >= 0.3 is 0 Å². The Bertz CT molecular complexity index is 52.0. The van der Waals surface area contributed by atoms with E-state index in [1.165, 1.54) is 0 Å². The number of rotatable bonds is 3. The molecule has 0 radical (unpaired) electrons. The Morgan fingerprint density at radius 1 is 1.00 bits per heavy atom. The lowest BCUT2D eigenvalue weighted by atomic mass is 10.4. The van der Waals surface area contributed by atoms with E-state index in [4.69, 9.17) is 23.2 Å². The summed E-state index contributed by atoms with van der Waals surface area (Å²) in [6.07, 6.45) is 0. The number of halogens is 2. The van der Waals surface area contributed by atoms with Crippen molar-refractivity contribution in [2.45, 2.75) is 10.8 Å². The zero-order chi connectivity index (χ0) is 6.57. The maximum Gasteiger partial charge on any atom is 0.0595 e. The average molecular weight is 191 g/mol. The van der Waals surface area contributed by atoms with Crippen molar-refractivity contribution >= 4 is 48.5 Å². The van der Waals surface area contributed by atoms with Crippen molar-refractivity contribution in [2.75, 3.05) is 11.5 Å². The molecule has 0 aliphatic heterocycles. The molecule has 2 atom stereocenters. The van der Waals surface area contributed by atoms with Crippen molar-refractivity contribution in [3.8, 4) is 0 Å². The third-order valence-corrected chi connectivity index (χ3v) is 3.00. The highest BCUT2D eigenvalue weighted by molar-refractivity contribution is 7.80. The topological polar surface area (TPSA) is 0 Å². The lowest BCUT2D eigenvalue weighted by Gasteiger charge is -2.08. The van der Waals surface area contributed by atoms with Crippen LogP contribution in [0.2, 0.25) is 0 Å². The van der Waals surface area contributed by atoms with E-state index < -0.39 is 0 Å². The van der Waals surface area contributed by atoms with Gasteiger partial charge < -0.3 is 0 Å². The Hall–Kier alpha value is 1.28. The highest BCUT2D eigenvalue weighted by Crippen LogP contribution is 2.12. The van der Waals surface area contributed by atoms with Gasteiger partial charge in [-0.05, 0) is 0 Å². The molecule has 0 rings (SSSR count). The van der Waals surface area contributed by atoms with Crippen LogP contribution < -0.4 is 0 Å².